The molecule has 0 aliphatic carbocycles. The number of fused-ring (bicyclic) bond motifs is 1. The number of nitrogens with one attached hydrogen (secondary N) is 1. The summed E-state index contributed by atoms with van der Waals surface area (Å²) in [5.74, 6) is 0.0212. The average Bonchev–Trinajstić information content (AvgIpc) is 2.64. The lowest BCUT2D eigenvalue weighted by Crippen LogP contribution is -2.26. The fourth-order valence-electron chi connectivity index (χ4n) is 1.63. The third kappa shape index (κ3) is 2.09. The largest absolute Gasteiger partial charge is 0.355 e. The molecule has 0 aliphatic rings. The van der Waals surface area contributed by atoms with E-state index in [0.717, 1.165) is 15.5 Å². The number of rotatable bonds is 3. The van der Waals surface area contributed by atoms with Crippen LogP contribution in [0.4, 0.5) is 0 Å². The van der Waals surface area contributed by atoms with Gasteiger partial charge in [-0.3, -0.25) is 4.79 Å². The highest BCUT2D eigenvalue weighted by atomic mass is 79.9. The van der Waals surface area contributed by atoms with Crippen LogP contribution >= 0.6 is 15.9 Å². The summed E-state index contributed by atoms with van der Waals surface area (Å²) in [6.07, 6.45) is 3.62. The van der Waals surface area contributed by atoms with Gasteiger partial charge in [-0.1, -0.05) is 0 Å². The molecule has 0 atom stereocenters. The first-order chi connectivity index (χ1) is 7.72. The Balaban J connectivity index is 2.32. The van der Waals surface area contributed by atoms with Crippen molar-refractivity contribution in [1.29, 1.82) is 0 Å². The van der Waals surface area contributed by atoms with Crippen LogP contribution in [0.1, 0.15) is 6.92 Å². The molecule has 2 heterocycles. The van der Waals surface area contributed by atoms with E-state index in [0.29, 0.717) is 13.1 Å². The first-order valence-corrected chi connectivity index (χ1v) is 5.87. The molecule has 5 heteroatoms. The van der Waals surface area contributed by atoms with Crippen LogP contribution in [0, 0.1) is 0 Å². The van der Waals surface area contributed by atoms with E-state index < -0.39 is 0 Å². The number of aromatic nitrogens is 2. The van der Waals surface area contributed by atoms with Gasteiger partial charge in [-0.25, -0.2) is 4.98 Å². The molecule has 0 bridgehead atoms. The monoisotopic (exact) mass is 281 g/mol. The van der Waals surface area contributed by atoms with Gasteiger partial charge in [0.25, 0.3) is 0 Å². The molecular formula is C11H12BrN3O. The number of carbonyl (C=O) groups is 1. The smallest absolute Gasteiger partial charge is 0.239 e. The topological polar surface area (TPSA) is 46.9 Å². The van der Waals surface area contributed by atoms with Crippen molar-refractivity contribution in [2.75, 3.05) is 6.54 Å². The number of halogens is 1. The van der Waals surface area contributed by atoms with Gasteiger partial charge in [-0.15, -0.1) is 0 Å². The Kier molecular flexibility index (Phi) is 3.24. The van der Waals surface area contributed by atoms with Crippen LogP contribution in [0.15, 0.2) is 29.1 Å². The summed E-state index contributed by atoms with van der Waals surface area (Å²) in [6.45, 7) is 2.91. The summed E-state index contributed by atoms with van der Waals surface area (Å²) < 4.78 is 2.71. The van der Waals surface area contributed by atoms with E-state index in [1.165, 1.54) is 0 Å². The van der Waals surface area contributed by atoms with Crippen LogP contribution in [0.5, 0.6) is 0 Å². The van der Waals surface area contributed by atoms with Crippen molar-refractivity contribution in [3.05, 3.63) is 29.1 Å². The van der Waals surface area contributed by atoms with Gasteiger partial charge >= 0.3 is 0 Å². The van der Waals surface area contributed by atoms with Crippen molar-refractivity contribution in [3.8, 4) is 0 Å². The van der Waals surface area contributed by atoms with Crippen LogP contribution < -0.4 is 5.32 Å². The molecule has 2 rings (SSSR count). The van der Waals surface area contributed by atoms with E-state index in [1.807, 2.05) is 29.8 Å². The lowest BCUT2D eigenvalue weighted by atomic mass is 10.3. The maximum atomic E-state index is 11.5. The molecule has 4 nitrogen and oxygen atoms in total. The Morgan fingerprint density at radius 3 is 3.12 bits per heavy atom. The Hall–Kier alpha value is -1.36. The fourth-order valence-corrected chi connectivity index (χ4v) is 2.09. The van der Waals surface area contributed by atoms with Crippen molar-refractivity contribution in [2.45, 2.75) is 13.5 Å². The van der Waals surface area contributed by atoms with Gasteiger partial charge in [0.2, 0.25) is 5.91 Å². The zero-order chi connectivity index (χ0) is 11.5. The molecule has 0 aromatic carbocycles. The van der Waals surface area contributed by atoms with Crippen molar-refractivity contribution in [3.63, 3.8) is 0 Å². The predicted molar refractivity (Wildman–Crippen MR) is 66.1 cm³/mol. The Labute approximate surface area is 102 Å². The lowest BCUT2D eigenvalue weighted by molar-refractivity contribution is -0.121. The molecule has 2 aromatic rings. The molecule has 0 radical (unpaired) electrons. The first-order valence-electron chi connectivity index (χ1n) is 5.08. The second-order valence-electron chi connectivity index (χ2n) is 3.43. The first kappa shape index (κ1) is 11.1. The molecule has 0 unspecified atom stereocenters. The number of hydrogen-bond acceptors (Lipinski definition) is 2. The molecule has 0 spiro atoms. The number of pyridine rings is 1. The molecule has 16 heavy (non-hydrogen) atoms. The Bertz CT molecular complexity index is 521. The minimum Gasteiger partial charge on any atom is -0.355 e. The Morgan fingerprint density at radius 2 is 2.38 bits per heavy atom. The summed E-state index contributed by atoms with van der Waals surface area (Å²) in [4.78, 5) is 15.6. The summed E-state index contributed by atoms with van der Waals surface area (Å²) in [5, 5.41) is 3.80. The lowest BCUT2D eigenvalue weighted by Gasteiger charge is -2.05. The number of hydrogen-bond donors (Lipinski definition) is 1. The van der Waals surface area contributed by atoms with E-state index in [2.05, 4.69) is 26.2 Å². The maximum Gasteiger partial charge on any atom is 0.239 e. The highest BCUT2D eigenvalue weighted by Gasteiger charge is 2.07. The standard InChI is InChI=1S/C11H12BrN3O/c1-2-13-10(16)7-15-6-4-8-9(15)3-5-14-11(8)12/h3-6H,2,7H2,1H3,(H,13,16). The van der Waals surface area contributed by atoms with Crippen molar-refractivity contribution in [2.24, 2.45) is 0 Å². The molecule has 0 saturated heterocycles. The molecule has 2 aromatic heterocycles. The van der Waals surface area contributed by atoms with Gasteiger partial charge < -0.3 is 9.88 Å². The number of nitrogens with zero attached hydrogens (tertiary/aromatic N) is 2. The summed E-state index contributed by atoms with van der Waals surface area (Å²) in [7, 11) is 0. The van der Waals surface area contributed by atoms with Crippen LogP contribution in [-0.2, 0) is 11.3 Å². The van der Waals surface area contributed by atoms with E-state index >= 15 is 0 Å². The fraction of sp³-hybridized carbons (Fsp3) is 0.273. The van der Waals surface area contributed by atoms with E-state index in [-0.39, 0.29) is 5.91 Å². The van der Waals surface area contributed by atoms with Gasteiger partial charge in [0.05, 0.1) is 5.52 Å². The highest BCUT2D eigenvalue weighted by Crippen LogP contribution is 2.22. The van der Waals surface area contributed by atoms with Crippen LogP contribution in [0.3, 0.4) is 0 Å². The van der Waals surface area contributed by atoms with E-state index in [9.17, 15) is 4.79 Å². The van der Waals surface area contributed by atoms with Gasteiger partial charge in [0, 0.05) is 24.3 Å². The van der Waals surface area contributed by atoms with Crippen LogP contribution in [-0.4, -0.2) is 22.0 Å². The minimum absolute atomic E-state index is 0.0212. The maximum absolute atomic E-state index is 11.5. The normalized spacial score (nSPS) is 10.6. The van der Waals surface area contributed by atoms with E-state index in [4.69, 9.17) is 0 Å². The predicted octanol–water partition coefficient (Wildman–Crippen LogP) is 1.93. The Morgan fingerprint density at radius 1 is 1.56 bits per heavy atom. The SMILES string of the molecule is CCNC(=O)Cn1ccc2c(Br)nccc21. The number of amides is 1. The van der Waals surface area contributed by atoms with Gasteiger partial charge in [-0.2, -0.15) is 0 Å². The summed E-state index contributed by atoms with van der Waals surface area (Å²) in [5.41, 5.74) is 1.01. The zero-order valence-electron chi connectivity index (χ0n) is 8.90. The third-order valence-electron chi connectivity index (χ3n) is 2.34. The minimum atomic E-state index is 0.0212. The molecule has 1 N–H and O–H groups in total. The van der Waals surface area contributed by atoms with Crippen LogP contribution in [0.2, 0.25) is 0 Å². The molecular weight excluding hydrogens is 270 g/mol. The molecule has 0 fully saturated rings. The van der Waals surface area contributed by atoms with Gasteiger partial charge in [0.1, 0.15) is 11.1 Å². The second-order valence-corrected chi connectivity index (χ2v) is 4.18. The molecule has 0 aliphatic heterocycles. The van der Waals surface area contributed by atoms with Gasteiger partial charge in [-0.05, 0) is 35.0 Å². The molecule has 1 amide bonds. The van der Waals surface area contributed by atoms with Gasteiger partial charge in [0.15, 0.2) is 0 Å². The van der Waals surface area contributed by atoms with E-state index in [1.54, 1.807) is 6.20 Å². The summed E-state index contributed by atoms with van der Waals surface area (Å²) in [6, 6.07) is 3.85. The zero-order valence-corrected chi connectivity index (χ0v) is 10.5. The van der Waals surface area contributed by atoms with Crippen LogP contribution in [0.25, 0.3) is 10.9 Å². The average molecular weight is 282 g/mol. The second kappa shape index (κ2) is 4.65. The molecule has 84 valence electrons. The number of likely N-dealkylation sites (N-methyl/N-ethyl adjacent to an activating group) is 1. The van der Waals surface area contributed by atoms with Crippen molar-refractivity contribution in [1.82, 2.24) is 14.9 Å². The quantitative estimate of drug-likeness (QED) is 0.874. The number of carbonyl (C=O) groups excluding carboxylic acids is 1. The molecule has 0 saturated carbocycles. The van der Waals surface area contributed by atoms with Crippen molar-refractivity contribution < 1.29 is 4.79 Å². The van der Waals surface area contributed by atoms with Crippen molar-refractivity contribution >= 4 is 32.7 Å². The third-order valence-corrected chi connectivity index (χ3v) is 2.97. The highest BCUT2D eigenvalue weighted by molar-refractivity contribution is 9.10. The summed E-state index contributed by atoms with van der Waals surface area (Å²) >= 11 is 3.38.